The van der Waals surface area contributed by atoms with E-state index in [0.29, 0.717) is 5.56 Å². The van der Waals surface area contributed by atoms with E-state index in [1.165, 1.54) is 24.1 Å². The number of nitrogens with one attached hydrogen (secondary N) is 2. The van der Waals surface area contributed by atoms with E-state index in [2.05, 4.69) is 26.0 Å². The Morgan fingerprint density at radius 1 is 1.00 bits per heavy atom. The van der Waals surface area contributed by atoms with Crippen LogP contribution in [0.15, 0.2) is 76.1 Å². The fourth-order valence-electron chi connectivity index (χ4n) is 2.27. The molecule has 0 atom stereocenters. The predicted octanol–water partition coefficient (Wildman–Crippen LogP) is 6.27. The largest absolute Gasteiger partial charge is 0.326 e. The molecule has 0 spiro atoms. The van der Waals surface area contributed by atoms with Crippen LogP contribution in [0.5, 0.6) is 0 Å². The van der Waals surface area contributed by atoms with Gasteiger partial charge in [-0.1, -0.05) is 15.9 Å². The monoisotopic (exact) mass is 430 g/mol. The van der Waals surface area contributed by atoms with Crippen molar-refractivity contribution in [1.82, 2.24) is 0 Å². The van der Waals surface area contributed by atoms with Crippen LogP contribution in [0.3, 0.4) is 0 Å². The molecule has 0 aliphatic rings. The van der Waals surface area contributed by atoms with Gasteiger partial charge in [-0.15, -0.1) is 0 Å². The Kier molecular flexibility index (Phi) is 5.96. The standard InChI is InChI=1S/C20H16BrFN2OS/c1-13-12-15(21)4-11-19(13)23-20(25)14-2-7-17(8-3-14)24-26-18-9-5-16(22)6-10-18/h2-12,24H,1H3,(H,23,25). The summed E-state index contributed by atoms with van der Waals surface area (Å²) in [6.45, 7) is 1.94. The number of halogens is 2. The summed E-state index contributed by atoms with van der Waals surface area (Å²) < 4.78 is 17.0. The lowest BCUT2D eigenvalue weighted by molar-refractivity contribution is 0.102. The molecule has 0 fully saturated rings. The van der Waals surface area contributed by atoms with Gasteiger partial charge in [0.15, 0.2) is 0 Å². The molecule has 6 heteroatoms. The molecule has 3 rings (SSSR count). The Hall–Kier alpha value is -2.31. The number of anilines is 2. The molecule has 0 heterocycles. The van der Waals surface area contributed by atoms with Crippen molar-refractivity contribution in [3.63, 3.8) is 0 Å². The van der Waals surface area contributed by atoms with Gasteiger partial charge in [-0.3, -0.25) is 4.79 Å². The van der Waals surface area contributed by atoms with E-state index in [0.717, 1.165) is 26.3 Å². The van der Waals surface area contributed by atoms with Gasteiger partial charge in [-0.05, 0) is 91.2 Å². The van der Waals surface area contributed by atoms with Crippen LogP contribution in [-0.2, 0) is 0 Å². The Morgan fingerprint density at radius 3 is 2.35 bits per heavy atom. The molecule has 26 heavy (non-hydrogen) atoms. The molecule has 0 unspecified atom stereocenters. The third kappa shape index (κ3) is 4.86. The lowest BCUT2D eigenvalue weighted by Gasteiger charge is -2.10. The summed E-state index contributed by atoms with van der Waals surface area (Å²) in [5.41, 5.74) is 3.20. The summed E-state index contributed by atoms with van der Waals surface area (Å²) in [5.74, 6) is -0.418. The van der Waals surface area contributed by atoms with Crippen LogP contribution < -0.4 is 10.0 Å². The van der Waals surface area contributed by atoms with Gasteiger partial charge < -0.3 is 10.0 Å². The molecular weight excluding hydrogens is 415 g/mol. The molecule has 3 nitrogen and oxygen atoms in total. The minimum absolute atomic E-state index is 0.159. The predicted molar refractivity (Wildman–Crippen MR) is 109 cm³/mol. The highest BCUT2D eigenvalue weighted by Gasteiger charge is 2.08. The lowest BCUT2D eigenvalue weighted by atomic mass is 10.1. The Bertz CT molecular complexity index is 914. The van der Waals surface area contributed by atoms with Gasteiger partial charge in [0.1, 0.15) is 5.82 Å². The van der Waals surface area contributed by atoms with Crippen molar-refractivity contribution in [2.75, 3.05) is 10.0 Å². The molecule has 1 amide bonds. The molecule has 3 aromatic rings. The minimum atomic E-state index is -0.259. The summed E-state index contributed by atoms with van der Waals surface area (Å²) >= 11 is 4.79. The lowest BCUT2D eigenvalue weighted by Crippen LogP contribution is -2.12. The van der Waals surface area contributed by atoms with Crippen molar-refractivity contribution >= 4 is 45.2 Å². The van der Waals surface area contributed by atoms with Crippen LogP contribution >= 0.6 is 27.9 Å². The highest BCUT2D eigenvalue weighted by atomic mass is 79.9. The average Bonchev–Trinajstić information content (AvgIpc) is 2.64. The quantitative estimate of drug-likeness (QED) is 0.468. The topological polar surface area (TPSA) is 41.1 Å². The van der Waals surface area contributed by atoms with Crippen molar-refractivity contribution in [3.8, 4) is 0 Å². The third-order valence-corrected chi connectivity index (χ3v) is 5.02. The van der Waals surface area contributed by atoms with Crippen molar-refractivity contribution in [1.29, 1.82) is 0 Å². The maximum atomic E-state index is 12.9. The summed E-state index contributed by atoms with van der Waals surface area (Å²) in [5, 5.41) is 2.92. The first-order valence-corrected chi connectivity index (χ1v) is 9.48. The first kappa shape index (κ1) is 18.5. The van der Waals surface area contributed by atoms with Gasteiger partial charge >= 0.3 is 0 Å². The van der Waals surface area contributed by atoms with Crippen molar-refractivity contribution < 1.29 is 9.18 Å². The van der Waals surface area contributed by atoms with Crippen molar-refractivity contribution in [3.05, 3.63) is 88.1 Å². The Balaban J connectivity index is 1.61. The minimum Gasteiger partial charge on any atom is -0.326 e. The van der Waals surface area contributed by atoms with Crippen LogP contribution in [0.4, 0.5) is 15.8 Å². The number of carbonyl (C=O) groups excluding carboxylic acids is 1. The van der Waals surface area contributed by atoms with Gasteiger partial charge in [0, 0.05) is 26.3 Å². The van der Waals surface area contributed by atoms with E-state index >= 15 is 0 Å². The normalized spacial score (nSPS) is 10.4. The third-order valence-electron chi connectivity index (χ3n) is 3.68. The van der Waals surface area contributed by atoms with Gasteiger partial charge in [-0.2, -0.15) is 0 Å². The summed E-state index contributed by atoms with van der Waals surface area (Å²) in [6.07, 6.45) is 0. The number of hydrogen-bond donors (Lipinski definition) is 2. The molecule has 0 radical (unpaired) electrons. The maximum absolute atomic E-state index is 12.9. The number of aryl methyl sites for hydroxylation is 1. The van der Waals surface area contributed by atoms with E-state index in [-0.39, 0.29) is 11.7 Å². The molecule has 2 N–H and O–H groups in total. The number of benzene rings is 3. The zero-order valence-corrected chi connectivity index (χ0v) is 16.3. The summed E-state index contributed by atoms with van der Waals surface area (Å²) in [7, 11) is 0. The van der Waals surface area contributed by atoms with Crippen molar-refractivity contribution in [2.45, 2.75) is 11.8 Å². The Morgan fingerprint density at radius 2 is 1.69 bits per heavy atom. The number of rotatable bonds is 5. The second-order valence-electron chi connectivity index (χ2n) is 5.65. The summed E-state index contributed by atoms with van der Waals surface area (Å²) in [4.78, 5) is 13.3. The van der Waals surface area contributed by atoms with E-state index in [4.69, 9.17) is 0 Å². The molecule has 0 saturated carbocycles. The molecule has 0 aliphatic carbocycles. The smallest absolute Gasteiger partial charge is 0.255 e. The van der Waals surface area contributed by atoms with E-state index in [1.54, 1.807) is 24.3 Å². The maximum Gasteiger partial charge on any atom is 0.255 e. The van der Waals surface area contributed by atoms with Gasteiger partial charge in [-0.25, -0.2) is 4.39 Å². The van der Waals surface area contributed by atoms with Gasteiger partial charge in [0.2, 0.25) is 0 Å². The average molecular weight is 431 g/mol. The molecule has 3 aromatic carbocycles. The molecule has 0 aromatic heterocycles. The molecule has 132 valence electrons. The fraction of sp³-hybridized carbons (Fsp3) is 0.0500. The first-order chi connectivity index (χ1) is 12.5. The van der Waals surface area contributed by atoms with Crippen LogP contribution in [0, 0.1) is 12.7 Å². The zero-order chi connectivity index (χ0) is 18.5. The van der Waals surface area contributed by atoms with Gasteiger partial charge in [0.25, 0.3) is 5.91 Å². The summed E-state index contributed by atoms with van der Waals surface area (Å²) in [6, 6.07) is 19.1. The number of amides is 1. The van der Waals surface area contributed by atoms with Crippen molar-refractivity contribution in [2.24, 2.45) is 0 Å². The fourth-order valence-corrected chi connectivity index (χ4v) is 3.39. The van der Waals surface area contributed by atoms with Crippen LogP contribution in [0.1, 0.15) is 15.9 Å². The molecule has 0 bridgehead atoms. The molecular formula is C20H16BrFN2OS. The van der Waals surface area contributed by atoms with Crippen LogP contribution in [0.25, 0.3) is 0 Å². The SMILES string of the molecule is Cc1cc(Br)ccc1NC(=O)c1ccc(NSc2ccc(F)cc2)cc1. The zero-order valence-electron chi connectivity index (χ0n) is 13.9. The molecule has 0 aliphatic heterocycles. The number of hydrogen-bond acceptors (Lipinski definition) is 3. The number of carbonyl (C=O) groups is 1. The second-order valence-corrected chi connectivity index (χ2v) is 7.44. The van der Waals surface area contributed by atoms with E-state index in [1.807, 2.05) is 37.3 Å². The van der Waals surface area contributed by atoms with Crippen LogP contribution in [-0.4, -0.2) is 5.91 Å². The van der Waals surface area contributed by atoms with Gasteiger partial charge in [0.05, 0.1) is 0 Å². The second kappa shape index (κ2) is 8.38. The molecule has 0 saturated heterocycles. The van der Waals surface area contributed by atoms with E-state index < -0.39 is 0 Å². The first-order valence-electron chi connectivity index (χ1n) is 7.87. The highest BCUT2D eigenvalue weighted by Crippen LogP contribution is 2.23. The van der Waals surface area contributed by atoms with Crippen LogP contribution in [0.2, 0.25) is 0 Å². The Labute approximate surface area is 164 Å². The van der Waals surface area contributed by atoms with E-state index in [9.17, 15) is 9.18 Å². The highest BCUT2D eigenvalue weighted by molar-refractivity contribution is 9.10.